The Bertz CT molecular complexity index is 823. The number of aromatic nitrogens is 3. The average molecular weight is 329 g/mol. The fourth-order valence-corrected chi connectivity index (χ4v) is 3.04. The Morgan fingerprint density at radius 1 is 1.30 bits per heavy atom. The van der Waals surface area contributed by atoms with E-state index in [1.54, 1.807) is 0 Å². The Kier molecular flexibility index (Phi) is 4.68. The van der Waals surface area contributed by atoms with Crippen LogP contribution in [0.25, 0.3) is 10.9 Å². The van der Waals surface area contributed by atoms with Crippen molar-refractivity contribution in [1.29, 1.82) is 0 Å². The van der Waals surface area contributed by atoms with E-state index in [1.807, 2.05) is 13.1 Å². The molecule has 3 N–H and O–H groups in total. The van der Waals surface area contributed by atoms with E-state index in [0.29, 0.717) is 5.13 Å². The van der Waals surface area contributed by atoms with Gasteiger partial charge in [-0.15, -0.1) is 10.2 Å². The van der Waals surface area contributed by atoms with Crippen LogP contribution in [0, 0.1) is 13.8 Å². The SMILES string of the molecule is Cc1ccc2[nH]cc(CCNCC(=O)Nc3nnc(C)s3)c2c1. The van der Waals surface area contributed by atoms with Crippen molar-refractivity contribution in [2.24, 2.45) is 0 Å². The molecule has 0 aliphatic rings. The summed E-state index contributed by atoms with van der Waals surface area (Å²) in [5, 5.41) is 16.3. The molecule has 7 heteroatoms. The van der Waals surface area contributed by atoms with Gasteiger partial charge in [-0.25, -0.2) is 0 Å². The molecule has 0 atom stereocenters. The van der Waals surface area contributed by atoms with Gasteiger partial charge in [-0.05, 0) is 44.5 Å². The van der Waals surface area contributed by atoms with Crippen LogP contribution in [0.15, 0.2) is 24.4 Å². The van der Waals surface area contributed by atoms with Crippen LogP contribution < -0.4 is 10.6 Å². The van der Waals surface area contributed by atoms with Gasteiger partial charge in [0.15, 0.2) is 0 Å². The van der Waals surface area contributed by atoms with Gasteiger partial charge >= 0.3 is 0 Å². The third kappa shape index (κ3) is 3.94. The lowest BCUT2D eigenvalue weighted by Gasteiger charge is -2.04. The molecule has 0 fully saturated rings. The number of rotatable bonds is 6. The van der Waals surface area contributed by atoms with Crippen LogP contribution in [0.4, 0.5) is 5.13 Å². The van der Waals surface area contributed by atoms with Gasteiger partial charge in [0.05, 0.1) is 6.54 Å². The molecule has 23 heavy (non-hydrogen) atoms. The maximum atomic E-state index is 11.8. The van der Waals surface area contributed by atoms with Gasteiger partial charge in [-0.2, -0.15) is 0 Å². The van der Waals surface area contributed by atoms with Gasteiger partial charge in [-0.3, -0.25) is 10.1 Å². The summed E-state index contributed by atoms with van der Waals surface area (Å²) in [6, 6.07) is 6.38. The molecular formula is C16H19N5OS. The highest BCUT2D eigenvalue weighted by molar-refractivity contribution is 7.15. The fraction of sp³-hybridized carbons (Fsp3) is 0.312. The summed E-state index contributed by atoms with van der Waals surface area (Å²) in [4.78, 5) is 15.1. The fourth-order valence-electron chi connectivity index (χ4n) is 2.43. The highest BCUT2D eigenvalue weighted by Gasteiger charge is 2.07. The number of aromatic amines is 1. The highest BCUT2D eigenvalue weighted by Crippen LogP contribution is 2.19. The zero-order valence-corrected chi connectivity index (χ0v) is 14.0. The van der Waals surface area contributed by atoms with Crippen LogP contribution in [-0.4, -0.2) is 34.2 Å². The van der Waals surface area contributed by atoms with Crippen LogP contribution in [0.3, 0.4) is 0 Å². The third-order valence-electron chi connectivity index (χ3n) is 3.55. The number of aryl methyl sites for hydroxylation is 2. The largest absolute Gasteiger partial charge is 0.361 e. The van der Waals surface area contributed by atoms with Crippen molar-refractivity contribution in [1.82, 2.24) is 20.5 Å². The number of nitrogens with zero attached hydrogens (tertiary/aromatic N) is 2. The Balaban J connectivity index is 1.47. The first-order valence-corrected chi connectivity index (χ1v) is 8.31. The minimum atomic E-state index is -0.101. The standard InChI is InChI=1S/C16H19N5OS/c1-10-3-4-14-13(7-10)12(8-18-14)5-6-17-9-15(22)19-16-21-20-11(2)23-16/h3-4,7-8,17-18H,5-6,9H2,1-2H3,(H,19,21,22). The second kappa shape index (κ2) is 6.89. The van der Waals surface area contributed by atoms with E-state index in [0.717, 1.165) is 23.5 Å². The maximum Gasteiger partial charge on any atom is 0.240 e. The maximum absolute atomic E-state index is 11.8. The smallest absolute Gasteiger partial charge is 0.240 e. The highest BCUT2D eigenvalue weighted by atomic mass is 32.1. The van der Waals surface area contributed by atoms with Crippen LogP contribution in [0.1, 0.15) is 16.1 Å². The van der Waals surface area contributed by atoms with Crippen molar-refractivity contribution in [3.8, 4) is 0 Å². The lowest BCUT2D eigenvalue weighted by molar-refractivity contribution is -0.115. The summed E-state index contributed by atoms with van der Waals surface area (Å²) in [5.41, 5.74) is 3.66. The van der Waals surface area contributed by atoms with Crippen molar-refractivity contribution in [2.45, 2.75) is 20.3 Å². The van der Waals surface area contributed by atoms with Crippen molar-refractivity contribution in [3.05, 3.63) is 40.5 Å². The van der Waals surface area contributed by atoms with Crippen molar-refractivity contribution in [2.75, 3.05) is 18.4 Å². The minimum absolute atomic E-state index is 0.101. The summed E-state index contributed by atoms with van der Waals surface area (Å²) < 4.78 is 0. The average Bonchev–Trinajstić information content (AvgIpc) is 3.10. The number of carbonyl (C=O) groups excluding carboxylic acids is 1. The molecule has 1 aromatic carbocycles. The second-order valence-electron chi connectivity index (χ2n) is 5.46. The Morgan fingerprint density at radius 2 is 2.17 bits per heavy atom. The predicted octanol–water partition coefficient (Wildman–Crippen LogP) is 2.41. The quantitative estimate of drug-likeness (QED) is 0.607. The molecule has 1 amide bonds. The number of H-pyrrole nitrogens is 1. The van der Waals surface area contributed by atoms with E-state index in [1.165, 1.54) is 27.8 Å². The van der Waals surface area contributed by atoms with E-state index in [9.17, 15) is 4.79 Å². The Hall–Kier alpha value is -2.25. The summed E-state index contributed by atoms with van der Waals surface area (Å²) in [7, 11) is 0. The molecule has 2 aromatic heterocycles. The number of benzene rings is 1. The number of amides is 1. The molecule has 0 saturated heterocycles. The molecule has 0 spiro atoms. The molecule has 0 radical (unpaired) electrons. The van der Waals surface area contributed by atoms with Crippen LogP contribution in [0.2, 0.25) is 0 Å². The van der Waals surface area contributed by atoms with Gasteiger partial charge < -0.3 is 10.3 Å². The van der Waals surface area contributed by atoms with Crippen LogP contribution in [0.5, 0.6) is 0 Å². The number of anilines is 1. The first kappa shape index (κ1) is 15.6. The van der Waals surface area contributed by atoms with Crippen molar-refractivity contribution >= 4 is 33.3 Å². The lowest BCUT2D eigenvalue weighted by atomic mass is 10.1. The van der Waals surface area contributed by atoms with E-state index in [2.05, 4.69) is 50.9 Å². The van der Waals surface area contributed by atoms with Gasteiger partial charge in [0.25, 0.3) is 0 Å². The summed E-state index contributed by atoms with van der Waals surface area (Å²) in [6.45, 7) is 4.95. The molecule has 2 heterocycles. The summed E-state index contributed by atoms with van der Waals surface area (Å²) >= 11 is 1.37. The molecule has 0 bridgehead atoms. The molecule has 0 aliphatic carbocycles. The Morgan fingerprint density at radius 3 is 2.96 bits per heavy atom. The second-order valence-corrected chi connectivity index (χ2v) is 6.65. The zero-order chi connectivity index (χ0) is 16.2. The van der Waals surface area contributed by atoms with Gasteiger partial charge in [0.2, 0.25) is 11.0 Å². The number of hydrogen-bond acceptors (Lipinski definition) is 5. The molecule has 120 valence electrons. The lowest BCUT2D eigenvalue weighted by Crippen LogP contribution is -2.29. The number of hydrogen-bond donors (Lipinski definition) is 3. The minimum Gasteiger partial charge on any atom is -0.361 e. The monoisotopic (exact) mass is 329 g/mol. The molecule has 0 unspecified atom stereocenters. The summed E-state index contributed by atoms with van der Waals surface area (Å²) in [5.74, 6) is -0.101. The number of fused-ring (bicyclic) bond motifs is 1. The van der Waals surface area contributed by atoms with E-state index < -0.39 is 0 Å². The normalized spacial score (nSPS) is 11.0. The van der Waals surface area contributed by atoms with Gasteiger partial charge in [-0.1, -0.05) is 23.0 Å². The first-order chi connectivity index (χ1) is 11.1. The number of nitrogens with one attached hydrogen (secondary N) is 3. The molecule has 3 rings (SSSR count). The predicted molar refractivity (Wildman–Crippen MR) is 92.9 cm³/mol. The third-order valence-corrected chi connectivity index (χ3v) is 4.31. The van der Waals surface area contributed by atoms with E-state index in [-0.39, 0.29) is 12.5 Å². The van der Waals surface area contributed by atoms with Crippen LogP contribution >= 0.6 is 11.3 Å². The topological polar surface area (TPSA) is 82.7 Å². The molecule has 3 aromatic rings. The van der Waals surface area contributed by atoms with E-state index in [4.69, 9.17) is 0 Å². The molecule has 0 saturated carbocycles. The Labute approximate surface area is 138 Å². The van der Waals surface area contributed by atoms with Gasteiger partial charge in [0, 0.05) is 17.1 Å². The van der Waals surface area contributed by atoms with Crippen molar-refractivity contribution in [3.63, 3.8) is 0 Å². The van der Waals surface area contributed by atoms with E-state index >= 15 is 0 Å². The molecular weight excluding hydrogens is 310 g/mol. The summed E-state index contributed by atoms with van der Waals surface area (Å²) in [6.07, 6.45) is 2.91. The molecule has 6 nitrogen and oxygen atoms in total. The number of carbonyl (C=O) groups is 1. The zero-order valence-electron chi connectivity index (χ0n) is 13.1. The first-order valence-electron chi connectivity index (χ1n) is 7.49. The van der Waals surface area contributed by atoms with Crippen LogP contribution in [-0.2, 0) is 11.2 Å². The molecule has 0 aliphatic heterocycles. The van der Waals surface area contributed by atoms with Gasteiger partial charge in [0.1, 0.15) is 5.01 Å². The van der Waals surface area contributed by atoms with Crippen molar-refractivity contribution < 1.29 is 4.79 Å².